The van der Waals surface area contributed by atoms with E-state index in [0.29, 0.717) is 35.5 Å². The molecule has 7 nitrogen and oxygen atoms in total. The molecule has 0 aliphatic heterocycles. The van der Waals surface area contributed by atoms with E-state index in [1.165, 1.54) is 0 Å². The topological polar surface area (TPSA) is 93.7 Å². The molecule has 3 rings (SSSR count). The minimum Gasteiger partial charge on any atom is -0.497 e. The van der Waals surface area contributed by atoms with Gasteiger partial charge in [0.25, 0.3) is 0 Å². The molecule has 3 aromatic rings. The zero-order valence-corrected chi connectivity index (χ0v) is 17.9. The maximum atomic E-state index is 12.6. The Morgan fingerprint density at radius 2 is 1.19 bits per heavy atom. The summed E-state index contributed by atoms with van der Waals surface area (Å²) in [5.41, 5.74) is 2.44. The number of benzene rings is 3. The van der Waals surface area contributed by atoms with Crippen molar-refractivity contribution in [2.24, 2.45) is 0 Å². The Labute approximate surface area is 186 Å². The zero-order valence-electron chi connectivity index (χ0n) is 17.9. The molecular formula is C25H24N2O5. The second kappa shape index (κ2) is 10.8. The van der Waals surface area contributed by atoms with Gasteiger partial charge in [0.05, 0.1) is 14.2 Å². The molecule has 0 atom stereocenters. The molecule has 0 saturated heterocycles. The van der Waals surface area contributed by atoms with E-state index in [0.717, 1.165) is 11.3 Å². The summed E-state index contributed by atoms with van der Waals surface area (Å²) in [7, 11) is 3.16. The van der Waals surface area contributed by atoms with Gasteiger partial charge in [-0.05, 0) is 72.6 Å². The molecule has 164 valence electrons. The van der Waals surface area contributed by atoms with Crippen LogP contribution in [0, 0.1) is 0 Å². The fraction of sp³-hybridized carbons (Fsp3) is 0.160. The molecule has 0 heterocycles. The van der Waals surface area contributed by atoms with Gasteiger partial charge in [-0.1, -0.05) is 12.1 Å². The van der Waals surface area contributed by atoms with Crippen molar-refractivity contribution in [1.82, 2.24) is 5.32 Å². The summed E-state index contributed by atoms with van der Waals surface area (Å²) in [6.45, 7) is 0.327. The lowest BCUT2D eigenvalue weighted by Gasteiger charge is -2.08. The van der Waals surface area contributed by atoms with Crippen LogP contribution in [0.15, 0.2) is 72.8 Å². The van der Waals surface area contributed by atoms with Crippen molar-refractivity contribution in [1.29, 1.82) is 0 Å². The molecule has 7 heteroatoms. The average molecular weight is 432 g/mol. The molecule has 0 aliphatic rings. The van der Waals surface area contributed by atoms with Gasteiger partial charge in [-0.2, -0.15) is 0 Å². The van der Waals surface area contributed by atoms with Crippen LogP contribution < -0.4 is 20.1 Å². The van der Waals surface area contributed by atoms with Crippen LogP contribution in [0.2, 0.25) is 0 Å². The van der Waals surface area contributed by atoms with E-state index in [-0.39, 0.29) is 5.78 Å². The molecule has 0 aromatic heterocycles. The molecule has 2 N–H and O–H groups in total. The highest BCUT2D eigenvalue weighted by molar-refractivity contribution is 6.39. The molecule has 3 aromatic carbocycles. The Kier molecular flexibility index (Phi) is 7.59. The second-order valence-electron chi connectivity index (χ2n) is 6.94. The predicted octanol–water partition coefficient (Wildman–Crippen LogP) is 3.23. The normalized spacial score (nSPS) is 10.2. The van der Waals surface area contributed by atoms with Crippen molar-refractivity contribution < 1.29 is 23.9 Å². The predicted molar refractivity (Wildman–Crippen MR) is 121 cm³/mol. The van der Waals surface area contributed by atoms with Gasteiger partial charge in [0.2, 0.25) is 0 Å². The third kappa shape index (κ3) is 5.95. The van der Waals surface area contributed by atoms with Gasteiger partial charge in [-0.25, -0.2) is 0 Å². The number of methoxy groups -OCH3 is 2. The second-order valence-corrected chi connectivity index (χ2v) is 6.94. The minimum absolute atomic E-state index is 0.151. The Balaban J connectivity index is 1.49. The van der Waals surface area contributed by atoms with Gasteiger partial charge < -0.3 is 20.1 Å². The van der Waals surface area contributed by atoms with Gasteiger partial charge in [0, 0.05) is 23.4 Å². The number of amides is 2. The van der Waals surface area contributed by atoms with Crippen LogP contribution in [0.3, 0.4) is 0 Å². The van der Waals surface area contributed by atoms with Gasteiger partial charge in [0.15, 0.2) is 5.78 Å². The lowest BCUT2D eigenvalue weighted by Crippen LogP contribution is -2.36. The van der Waals surface area contributed by atoms with E-state index >= 15 is 0 Å². The molecule has 0 radical (unpaired) electrons. The Hall–Kier alpha value is -4.13. The molecule has 2 amide bonds. The summed E-state index contributed by atoms with van der Waals surface area (Å²) in [6, 6.07) is 20.7. The van der Waals surface area contributed by atoms with E-state index < -0.39 is 11.8 Å². The highest BCUT2D eigenvalue weighted by atomic mass is 16.5. The van der Waals surface area contributed by atoms with Crippen LogP contribution in [0.5, 0.6) is 11.5 Å². The van der Waals surface area contributed by atoms with Crippen molar-refractivity contribution in [2.75, 3.05) is 26.1 Å². The summed E-state index contributed by atoms with van der Waals surface area (Å²) >= 11 is 0. The van der Waals surface area contributed by atoms with E-state index in [2.05, 4.69) is 10.6 Å². The van der Waals surface area contributed by atoms with Crippen LogP contribution in [0.4, 0.5) is 5.69 Å². The molecule has 0 bridgehead atoms. The van der Waals surface area contributed by atoms with Crippen LogP contribution in [-0.2, 0) is 16.0 Å². The molecule has 0 spiro atoms. The first-order valence-electron chi connectivity index (χ1n) is 10.0. The number of ketones is 1. The third-order valence-electron chi connectivity index (χ3n) is 4.82. The third-order valence-corrected chi connectivity index (χ3v) is 4.82. The van der Waals surface area contributed by atoms with Crippen molar-refractivity contribution >= 4 is 23.3 Å². The largest absolute Gasteiger partial charge is 0.497 e. The first-order valence-corrected chi connectivity index (χ1v) is 10.0. The van der Waals surface area contributed by atoms with Crippen molar-refractivity contribution in [3.63, 3.8) is 0 Å². The van der Waals surface area contributed by atoms with Crippen LogP contribution in [-0.4, -0.2) is 38.4 Å². The Morgan fingerprint density at radius 3 is 1.72 bits per heavy atom. The summed E-state index contributed by atoms with van der Waals surface area (Å²) in [5, 5.41) is 5.12. The standard InChI is InChI=1S/C25H24N2O5/c1-31-21-11-3-17(4-12-21)15-16-26-24(29)25(30)27-20-9-5-18(6-10-20)23(28)19-7-13-22(32-2)14-8-19/h3-14H,15-16H2,1-2H3,(H,26,29)(H,27,30). The monoisotopic (exact) mass is 432 g/mol. The first kappa shape index (κ1) is 22.6. The molecule has 32 heavy (non-hydrogen) atoms. The van der Waals surface area contributed by atoms with Crippen LogP contribution in [0.25, 0.3) is 0 Å². The van der Waals surface area contributed by atoms with Gasteiger partial charge in [0.1, 0.15) is 11.5 Å². The molecule has 0 fully saturated rings. The summed E-state index contributed by atoms with van der Waals surface area (Å²) in [6.07, 6.45) is 0.588. The summed E-state index contributed by atoms with van der Waals surface area (Å²) in [5.74, 6) is -0.219. The number of hydrogen-bond acceptors (Lipinski definition) is 5. The number of rotatable bonds is 8. The lowest BCUT2D eigenvalue weighted by atomic mass is 10.0. The summed E-state index contributed by atoms with van der Waals surface area (Å²) in [4.78, 5) is 36.7. The van der Waals surface area contributed by atoms with Gasteiger partial charge in [-0.3, -0.25) is 14.4 Å². The maximum absolute atomic E-state index is 12.6. The van der Waals surface area contributed by atoms with Crippen LogP contribution >= 0.6 is 0 Å². The number of hydrogen-bond donors (Lipinski definition) is 2. The minimum atomic E-state index is -0.769. The number of nitrogens with one attached hydrogen (secondary N) is 2. The highest BCUT2D eigenvalue weighted by Gasteiger charge is 2.14. The van der Waals surface area contributed by atoms with E-state index in [1.807, 2.05) is 24.3 Å². The molecule has 0 aliphatic carbocycles. The van der Waals surface area contributed by atoms with Gasteiger partial charge in [-0.15, -0.1) is 0 Å². The van der Waals surface area contributed by atoms with E-state index in [9.17, 15) is 14.4 Å². The Bertz CT molecular complexity index is 1070. The van der Waals surface area contributed by atoms with Gasteiger partial charge >= 0.3 is 11.8 Å². The van der Waals surface area contributed by atoms with E-state index in [4.69, 9.17) is 9.47 Å². The average Bonchev–Trinajstić information content (AvgIpc) is 2.84. The Morgan fingerprint density at radius 1 is 0.688 bits per heavy atom. The fourth-order valence-electron chi connectivity index (χ4n) is 2.99. The van der Waals surface area contributed by atoms with Crippen molar-refractivity contribution in [2.45, 2.75) is 6.42 Å². The number of ether oxygens (including phenoxy) is 2. The van der Waals surface area contributed by atoms with Crippen LogP contribution in [0.1, 0.15) is 21.5 Å². The summed E-state index contributed by atoms with van der Waals surface area (Å²) < 4.78 is 10.2. The quantitative estimate of drug-likeness (QED) is 0.421. The SMILES string of the molecule is COc1ccc(CCNC(=O)C(=O)Nc2ccc(C(=O)c3ccc(OC)cc3)cc2)cc1. The highest BCUT2D eigenvalue weighted by Crippen LogP contribution is 2.17. The lowest BCUT2D eigenvalue weighted by molar-refractivity contribution is -0.136. The zero-order chi connectivity index (χ0) is 22.9. The fourth-order valence-corrected chi connectivity index (χ4v) is 2.99. The molecular weight excluding hydrogens is 408 g/mol. The number of anilines is 1. The van der Waals surface area contributed by atoms with E-state index in [1.54, 1.807) is 62.8 Å². The first-order chi connectivity index (χ1) is 15.5. The molecule has 0 saturated carbocycles. The van der Waals surface area contributed by atoms with Crippen molar-refractivity contribution in [3.8, 4) is 11.5 Å². The molecule has 0 unspecified atom stereocenters. The maximum Gasteiger partial charge on any atom is 0.313 e. The number of carbonyl (C=O) groups excluding carboxylic acids is 3. The van der Waals surface area contributed by atoms with Crippen molar-refractivity contribution in [3.05, 3.63) is 89.5 Å². The smallest absolute Gasteiger partial charge is 0.313 e. The number of carbonyl (C=O) groups is 3.